The minimum absolute atomic E-state index is 0.0363. The van der Waals surface area contributed by atoms with Crippen LogP contribution in [0.4, 0.5) is 17.2 Å². The van der Waals surface area contributed by atoms with Gasteiger partial charge in [0.1, 0.15) is 12.4 Å². The number of nitrogens with zero attached hydrogens (tertiary/aromatic N) is 5. The number of fused-ring (bicyclic) bond motifs is 2. The van der Waals surface area contributed by atoms with Gasteiger partial charge in [0, 0.05) is 36.9 Å². The van der Waals surface area contributed by atoms with Crippen molar-refractivity contribution in [1.29, 1.82) is 0 Å². The predicted octanol–water partition coefficient (Wildman–Crippen LogP) is 2.13. The molecule has 1 aliphatic heterocycles. The van der Waals surface area contributed by atoms with Gasteiger partial charge in [0.05, 0.1) is 36.4 Å². The number of imidazole rings is 1. The van der Waals surface area contributed by atoms with Crippen molar-refractivity contribution in [2.24, 2.45) is 0 Å². The lowest BCUT2D eigenvalue weighted by molar-refractivity contribution is 0.269. The number of aromatic nitrogens is 5. The van der Waals surface area contributed by atoms with E-state index in [-0.39, 0.29) is 6.61 Å². The minimum atomic E-state index is 0.0363. The summed E-state index contributed by atoms with van der Waals surface area (Å²) in [5.41, 5.74) is 4.24. The lowest BCUT2D eigenvalue weighted by Crippen LogP contribution is -2.17. The molecule has 3 N–H and O–H groups in total. The summed E-state index contributed by atoms with van der Waals surface area (Å²) in [5.74, 6) is 1.46. The molecule has 9 heteroatoms. The van der Waals surface area contributed by atoms with Crippen LogP contribution in [-0.2, 0) is 6.54 Å². The van der Waals surface area contributed by atoms with E-state index in [9.17, 15) is 0 Å². The maximum Gasteiger partial charge on any atom is 0.180 e. The molecule has 0 aliphatic carbocycles. The predicted molar refractivity (Wildman–Crippen MR) is 105 cm³/mol. The van der Waals surface area contributed by atoms with Crippen LogP contribution in [0.25, 0.3) is 16.9 Å². The summed E-state index contributed by atoms with van der Waals surface area (Å²) in [6, 6.07) is 6.03. The van der Waals surface area contributed by atoms with E-state index in [0.29, 0.717) is 19.0 Å². The molecule has 4 heterocycles. The fraction of sp³-hybridized carbons (Fsp3) is 0.211. The number of rotatable bonds is 5. The van der Waals surface area contributed by atoms with E-state index in [1.807, 2.05) is 41.2 Å². The largest absolute Gasteiger partial charge is 0.490 e. The Morgan fingerprint density at radius 1 is 1.29 bits per heavy atom. The summed E-state index contributed by atoms with van der Waals surface area (Å²) < 4.78 is 9.35. The van der Waals surface area contributed by atoms with E-state index in [2.05, 4.69) is 20.7 Å². The normalized spacial score (nSPS) is 13.0. The van der Waals surface area contributed by atoms with E-state index < -0.39 is 0 Å². The van der Waals surface area contributed by atoms with Crippen LogP contribution in [0.3, 0.4) is 0 Å². The van der Waals surface area contributed by atoms with Crippen LogP contribution in [0.15, 0.2) is 49.2 Å². The molecule has 1 aliphatic rings. The van der Waals surface area contributed by atoms with Crippen molar-refractivity contribution in [1.82, 2.24) is 24.1 Å². The monoisotopic (exact) mass is 377 g/mol. The summed E-state index contributed by atoms with van der Waals surface area (Å²) in [4.78, 5) is 9.19. The van der Waals surface area contributed by atoms with E-state index in [0.717, 1.165) is 40.6 Å². The van der Waals surface area contributed by atoms with Crippen molar-refractivity contribution in [3.05, 3.63) is 49.2 Å². The summed E-state index contributed by atoms with van der Waals surface area (Å²) in [6.45, 7) is 1.93. The van der Waals surface area contributed by atoms with Gasteiger partial charge in [-0.1, -0.05) is 6.07 Å². The van der Waals surface area contributed by atoms with E-state index in [4.69, 9.17) is 14.8 Å². The zero-order valence-electron chi connectivity index (χ0n) is 15.0. The molecule has 5 rings (SSSR count). The first-order chi connectivity index (χ1) is 13.8. The second kappa shape index (κ2) is 6.86. The number of aliphatic hydroxyl groups excluding tert-OH is 1. The lowest BCUT2D eigenvalue weighted by atomic mass is 10.1. The quantitative estimate of drug-likeness (QED) is 0.490. The fourth-order valence-electron chi connectivity index (χ4n) is 3.24. The van der Waals surface area contributed by atoms with Crippen LogP contribution < -0.4 is 15.4 Å². The number of hydrogen-bond acceptors (Lipinski definition) is 7. The highest BCUT2D eigenvalue weighted by Gasteiger charge is 2.14. The molecule has 0 saturated heterocycles. The van der Waals surface area contributed by atoms with E-state index in [1.165, 1.54) is 0 Å². The number of hydrogen-bond donors (Lipinski definition) is 3. The summed E-state index contributed by atoms with van der Waals surface area (Å²) in [5, 5.41) is 19.9. The van der Waals surface area contributed by atoms with Crippen molar-refractivity contribution in [3.63, 3.8) is 0 Å². The molecule has 0 spiro atoms. The van der Waals surface area contributed by atoms with Crippen LogP contribution in [0.2, 0.25) is 0 Å². The molecule has 4 aromatic rings. The SMILES string of the molecule is OCCn1cc(Nc2nc(-c3ccc4c(c3)OCCN4)cn3ccnc23)cn1. The number of aliphatic hydroxyl groups is 1. The van der Waals surface area contributed by atoms with Crippen LogP contribution in [-0.4, -0.2) is 49.0 Å². The Bertz CT molecular complexity index is 1130. The van der Waals surface area contributed by atoms with Gasteiger partial charge in [0.2, 0.25) is 0 Å². The van der Waals surface area contributed by atoms with Crippen LogP contribution in [0.1, 0.15) is 0 Å². The van der Waals surface area contributed by atoms with Crippen molar-refractivity contribution >= 4 is 22.8 Å². The molecular weight excluding hydrogens is 358 g/mol. The molecule has 0 saturated carbocycles. The smallest absolute Gasteiger partial charge is 0.180 e. The van der Waals surface area contributed by atoms with Gasteiger partial charge in [-0.25, -0.2) is 9.97 Å². The van der Waals surface area contributed by atoms with Crippen LogP contribution in [0.5, 0.6) is 5.75 Å². The van der Waals surface area contributed by atoms with Crippen molar-refractivity contribution in [2.75, 3.05) is 30.4 Å². The molecule has 0 radical (unpaired) electrons. The first kappa shape index (κ1) is 16.6. The molecular formula is C19H19N7O2. The topological polar surface area (TPSA) is 102 Å². The second-order valence-corrected chi connectivity index (χ2v) is 6.46. The molecule has 1 aromatic carbocycles. The number of nitrogens with one attached hydrogen (secondary N) is 2. The van der Waals surface area contributed by atoms with Gasteiger partial charge in [-0.05, 0) is 12.1 Å². The van der Waals surface area contributed by atoms with Crippen LogP contribution in [0, 0.1) is 0 Å². The van der Waals surface area contributed by atoms with Crippen molar-refractivity contribution in [2.45, 2.75) is 6.54 Å². The third kappa shape index (κ3) is 3.01. The molecule has 28 heavy (non-hydrogen) atoms. The highest BCUT2D eigenvalue weighted by Crippen LogP contribution is 2.33. The van der Waals surface area contributed by atoms with Crippen molar-refractivity contribution < 1.29 is 9.84 Å². The van der Waals surface area contributed by atoms with Gasteiger partial charge in [-0.15, -0.1) is 0 Å². The molecule has 9 nitrogen and oxygen atoms in total. The van der Waals surface area contributed by atoms with Crippen LogP contribution >= 0.6 is 0 Å². The van der Waals surface area contributed by atoms with Crippen molar-refractivity contribution in [3.8, 4) is 17.0 Å². The first-order valence-corrected chi connectivity index (χ1v) is 9.05. The molecule has 0 fully saturated rings. The highest BCUT2D eigenvalue weighted by atomic mass is 16.5. The lowest BCUT2D eigenvalue weighted by Gasteiger charge is -2.19. The molecule has 0 unspecified atom stereocenters. The summed E-state index contributed by atoms with van der Waals surface area (Å²) in [6.07, 6.45) is 9.09. The average Bonchev–Trinajstić information content (AvgIpc) is 3.37. The zero-order valence-corrected chi connectivity index (χ0v) is 15.0. The average molecular weight is 377 g/mol. The van der Waals surface area contributed by atoms with Gasteiger partial charge in [-0.3, -0.25) is 4.68 Å². The second-order valence-electron chi connectivity index (χ2n) is 6.46. The molecule has 0 amide bonds. The van der Waals surface area contributed by atoms with Gasteiger partial charge in [0.15, 0.2) is 11.5 Å². The Hall–Kier alpha value is -3.59. The van der Waals surface area contributed by atoms with Gasteiger partial charge < -0.3 is 24.9 Å². The molecule has 142 valence electrons. The number of ether oxygens (including phenoxy) is 1. The molecule has 0 bridgehead atoms. The Morgan fingerprint density at radius 2 is 2.25 bits per heavy atom. The Morgan fingerprint density at radius 3 is 3.18 bits per heavy atom. The standard InChI is InChI=1S/C19H19N7O2/c27-7-6-26-11-14(10-22-26)23-18-19-21-3-5-25(19)12-16(24-18)13-1-2-15-17(9-13)28-8-4-20-15/h1-3,5,9-12,20,27H,4,6-8H2,(H,23,24). The van der Waals surface area contributed by atoms with E-state index >= 15 is 0 Å². The maximum absolute atomic E-state index is 9.06. The fourth-order valence-corrected chi connectivity index (χ4v) is 3.24. The number of benzene rings is 1. The van der Waals surface area contributed by atoms with E-state index in [1.54, 1.807) is 17.1 Å². The Kier molecular flexibility index (Phi) is 4.06. The molecule has 0 atom stereocenters. The first-order valence-electron chi connectivity index (χ1n) is 9.05. The highest BCUT2D eigenvalue weighted by molar-refractivity contribution is 5.75. The molecule has 3 aromatic heterocycles. The van der Waals surface area contributed by atoms with Gasteiger partial charge in [-0.2, -0.15) is 5.10 Å². The summed E-state index contributed by atoms with van der Waals surface area (Å²) >= 11 is 0. The summed E-state index contributed by atoms with van der Waals surface area (Å²) in [7, 11) is 0. The number of anilines is 3. The minimum Gasteiger partial charge on any atom is -0.490 e. The maximum atomic E-state index is 9.06. The third-order valence-corrected chi connectivity index (χ3v) is 4.55. The third-order valence-electron chi connectivity index (χ3n) is 4.55. The van der Waals surface area contributed by atoms with Gasteiger partial charge in [0.25, 0.3) is 0 Å². The Balaban J connectivity index is 1.53. The Labute approximate surface area is 160 Å². The van der Waals surface area contributed by atoms with Gasteiger partial charge >= 0.3 is 0 Å². The zero-order chi connectivity index (χ0) is 18.9.